The van der Waals surface area contributed by atoms with Crippen molar-refractivity contribution in [3.05, 3.63) is 47.2 Å². The van der Waals surface area contributed by atoms with E-state index in [0.29, 0.717) is 12.4 Å². The first-order chi connectivity index (χ1) is 14.7. The molecule has 4 saturated carbocycles. The minimum atomic E-state index is -1.30. The summed E-state index contributed by atoms with van der Waals surface area (Å²) < 4.78 is 11.5. The van der Waals surface area contributed by atoms with E-state index in [9.17, 15) is 9.59 Å². The summed E-state index contributed by atoms with van der Waals surface area (Å²) in [6.07, 6.45) is 10.0. The molecule has 0 saturated heterocycles. The summed E-state index contributed by atoms with van der Waals surface area (Å²) in [5.74, 6) is 2.40. The summed E-state index contributed by atoms with van der Waals surface area (Å²) in [6.45, 7) is 7.34. The van der Waals surface area contributed by atoms with E-state index in [0.717, 1.165) is 23.3 Å². The molecule has 0 heterocycles. The van der Waals surface area contributed by atoms with Crippen molar-refractivity contribution < 1.29 is 19.1 Å². The average Bonchev–Trinajstić information content (AvgIpc) is 2.67. The molecule has 4 aliphatic carbocycles. The third-order valence-electron chi connectivity index (χ3n) is 7.86. The summed E-state index contributed by atoms with van der Waals surface area (Å²) in [6, 6.07) is 8.04. The molecule has 1 unspecified atom stereocenters. The summed E-state index contributed by atoms with van der Waals surface area (Å²) >= 11 is 0. The number of ether oxygens (including phenoxy) is 2. The first-order valence-corrected chi connectivity index (χ1v) is 11.7. The predicted molar refractivity (Wildman–Crippen MR) is 120 cm³/mol. The lowest BCUT2D eigenvalue weighted by molar-refractivity contribution is -0.159. The molecule has 0 amide bonds. The minimum Gasteiger partial charge on any atom is -0.431 e. The van der Waals surface area contributed by atoms with Gasteiger partial charge in [-0.2, -0.15) is 0 Å². The number of aryl methyl sites for hydroxylation is 1. The number of ketones is 1. The standard InChI is InChI=1S/C27H36O4/c1-18-5-7-21(8-6-18)16-30-17-26(4,20(3)28)25(29)31-19(2)12-27-13-22-9-23(14-27)11-24(10-22)15-27/h5-8,12,22-24H,9-11,13-17H2,1-4H3/b19-12+. The van der Waals surface area contributed by atoms with Crippen LogP contribution in [0.5, 0.6) is 0 Å². The minimum absolute atomic E-state index is 0.0136. The molecule has 1 aromatic carbocycles. The molecule has 4 bridgehead atoms. The molecule has 0 aromatic heterocycles. The van der Waals surface area contributed by atoms with Gasteiger partial charge in [-0.25, -0.2) is 0 Å². The number of rotatable bonds is 8. The maximum absolute atomic E-state index is 13.0. The molecule has 168 valence electrons. The number of hydrogen-bond acceptors (Lipinski definition) is 4. The Hall–Kier alpha value is -1.94. The zero-order chi connectivity index (χ0) is 22.2. The third-order valence-corrected chi connectivity index (χ3v) is 7.86. The van der Waals surface area contributed by atoms with E-state index in [4.69, 9.17) is 9.47 Å². The van der Waals surface area contributed by atoms with E-state index in [1.165, 1.54) is 51.0 Å². The molecule has 4 fully saturated rings. The second kappa shape index (κ2) is 8.54. The van der Waals surface area contributed by atoms with Gasteiger partial charge in [0.15, 0.2) is 0 Å². The van der Waals surface area contributed by atoms with E-state index in [2.05, 4.69) is 6.08 Å². The van der Waals surface area contributed by atoms with E-state index >= 15 is 0 Å². The van der Waals surface area contributed by atoms with Crippen LogP contribution in [0.4, 0.5) is 0 Å². The summed E-state index contributed by atoms with van der Waals surface area (Å²) in [4.78, 5) is 25.4. The maximum Gasteiger partial charge on any atom is 0.326 e. The van der Waals surface area contributed by atoms with Gasteiger partial charge in [0.2, 0.25) is 0 Å². The smallest absolute Gasteiger partial charge is 0.326 e. The van der Waals surface area contributed by atoms with Gasteiger partial charge in [0, 0.05) is 0 Å². The van der Waals surface area contributed by atoms with Gasteiger partial charge in [0.1, 0.15) is 17.0 Å². The highest BCUT2D eigenvalue weighted by atomic mass is 16.5. The van der Waals surface area contributed by atoms with Crippen molar-refractivity contribution in [1.29, 1.82) is 0 Å². The molecule has 4 aliphatic rings. The molecular weight excluding hydrogens is 388 g/mol. The van der Waals surface area contributed by atoms with Gasteiger partial charge in [-0.05, 0) is 101 Å². The van der Waals surface area contributed by atoms with Crippen LogP contribution in [0, 0.1) is 35.5 Å². The number of carbonyl (C=O) groups excluding carboxylic acids is 2. The zero-order valence-corrected chi connectivity index (χ0v) is 19.4. The monoisotopic (exact) mass is 424 g/mol. The van der Waals surface area contributed by atoms with Crippen molar-refractivity contribution in [3.63, 3.8) is 0 Å². The second-order valence-electron chi connectivity index (χ2n) is 10.8. The van der Waals surface area contributed by atoms with Crippen molar-refractivity contribution in [3.8, 4) is 0 Å². The SMILES string of the molecule is CC(=O)C(C)(COCc1ccc(C)cc1)C(=O)O/C(C)=C/C12CC3CC(CC(C3)C1)C2. The molecule has 0 N–H and O–H groups in total. The van der Waals surface area contributed by atoms with Crippen LogP contribution in [0.1, 0.15) is 70.4 Å². The van der Waals surface area contributed by atoms with Gasteiger partial charge in [-0.3, -0.25) is 9.59 Å². The Labute approximate surface area is 186 Å². The Bertz CT molecular complexity index is 830. The van der Waals surface area contributed by atoms with Crippen LogP contribution in [0.2, 0.25) is 0 Å². The summed E-state index contributed by atoms with van der Waals surface area (Å²) in [7, 11) is 0. The van der Waals surface area contributed by atoms with Crippen molar-refractivity contribution in [2.24, 2.45) is 28.6 Å². The Kier molecular flexibility index (Phi) is 6.13. The van der Waals surface area contributed by atoms with Crippen LogP contribution in [-0.2, 0) is 25.7 Å². The first kappa shape index (κ1) is 22.3. The molecule has 4 nitrogen and oxygen atoms in total. The van der Waals surface area contributed by atoms with Crippen LogP contribution in [0.15, 0.2) is 36.1 Å². The van der Waals surface area contributed by atoms with Crippen LogP contribution in [0.25, 0.3) is 0 Å². The fourth-order valence-corrected chi connectivity index (χ4v) is 6.44. The van der Waals surface area contributed by atoms with Gasteiger partial charge in [-0.15, -0.1) is 0 Å². The highest BCUT2D eigenvalue weighted by Gasteiger charge is 2.50. The molecule has 0 radical (unpaired) electrons. The quantitative estimate of drug-likeness (QED) is 0.302. The van der Waals surface area contributed by atoms with Crippen molar-refractivity contribution in [1.82, 2.24) is 0 Å². The van der Waals surface area contributed by atoms with Crippen molar-refractivity contribution in [2.45, 2.75) is 72.8 Å². The lowest BCUT2D eigenvalue weighted by Crippen LogP contribution is -2.45. The fraction of sp³-hybridized carbons (Fsp3) is 0.630. The van der Waals surface area contributed by atoms with E-state index in [1.807, 2.05) is 38.1 Å². The van der Waals surface area contributed by atoms with Gasteiger partial charge in [0.25, 0.3) is 0 Å². The highest BCUT2D eigenvalue weighted by molar-refractivity contribution is 6.02. The highest BCUT2D eigenvalue weighted by Crippen LogP contribution is 2.60. The van der Waals surface area contributed by atoms with E-state index < -0.39 is 11.4 Å². The molecule has 1 aromatic rings. The molecule has 4 heteroatoms. The maximum atomic E-state index is 13.0. The second-order valence-corrected chi connectivity index (χ2v) is 10.8. The van der Waals surface area contributed by atoms with Crippen molar-refractivity contribution in [2.75, 3.05) is 6.61 Å². The Morgan fingerprint density at radius 3 is 2.10 bits per heavy atom. The lowest BCUT2D eigenvalue weighted by Gasteiger charge is -2.55. The first-order valence-electron chi connectivity index (χ1n) is 11.7. The number of carbonyl (C=O) groups is 2. The van der Waals surface area contributed by atoms with Crippen molar-refractivity contribution >= 4 is 11.8 Å². The van der Waals surface area contributed by atoms with Crippen LogP contribution >= 0.6 is 0 Å². The van der Waals surface area contributed by atoms with E-state index in [-0.39, 0.29) is 17.8 Å². The average molecular weight is 425 g/mol. The number of benzene rings is 1. The van der Waals surface area contributed by atoms with Gasteiger partial charge < -0.3 is 9.47 Å². The molecule has 1 atom stereocenters. The largest absolute Gasteiger partial charge is 0.431 e. The third kappa shape index (κ3) is 4.79. The normalized spacial score (nSPS) is 31.4. The Morgan fingerprint density at radius 1 is 1.03 bits per heavy atom. The molecule has 5 rings (SSSR count). The topological polar surface area (TPSA) is 52.6 Å². The number of hydrogen-bond donors (Lipinski definition) is 0. The molecule has 31 heavy (non-hydrogen) atoms. The van der Waals surface area contributed by atoms with Crippen LogP contribution in [0.3, 0.4) is 0 Å². The fourth-order valence-electron chi connectivity index (χ4n) is 6.44. The van der Waals surface area contributed by atoms with E-state index in [1.54, 1.807) is 6.92 Å². The summed E-state index contributed by atoms with van der Waals surface area (Å²) in [5, 5.41) is 0. The Morgan fingerprint density at radius 2 is 1.58 bits per heavy atom. The number of esters is 1. The lowest BCUT2D eigenvalue weighted by atomic mass is 9.49. The zero-order valence-electron chi connectivity index (χ0n) is 19.4. The molecule has 0 spiro atoms. The summed E-state index contributed by atoms with van der Waals surface area (Å²) in [5.41, 5.74) is 1.08. The van der Waals surface area contributed by atoms with Crippen LogP contribution in [-0.4, -0.2) is 18.4 Å². The number of Topliss-reactive ketones (excluding diaryl/α,β-unsaturated/α-hetero) is 1. The predicted octanol–water partition coefficient (Wildman–Crippen LogP) is 5.77. The Balaban J connectivity index is 1.39. The molecular formula is C27H36O4. The number of allylic oxidation sites excluding steroid dienone is 2. The van der Waals surface area contributed by atoms with Crippen LogP contribution < -0.4 is 0 Å². The van der Waals surface area contributed by atoms with Gasteiger partial charge >= 0.3 is 5.97 Å². The van der Waals surface area contributed by atoms with Gasteiger partial charge in [0.05, 0.1) is 13.2 Å². The molecule has 0 aliphatic heterocycles. The van der Waals surface area contributed by atoms with Gasteiger partial charge in [-0.1, -0.05) is 29.8 Å².